The number of ether oxygens (including phenoxy) is 2. The molecule has 0 N–H and O–H groups in total. The van der Waals surface area contributed by atoms with Crippen LogP contribution in [0.4, 0.5) is 0 Å². The van der Waals surface area contributed by atoms with E-state index in [0.717, 1.165) is 25.9 Å². The van der Waals surface area contributed by atoms with Crippen molar-refractivity contribution in [2.24, 2.45) is 11.3 Å². The van der Waals surface area contributed by atoms with Crippen LogP contribution >= 0.6 is 0 Å². The highest BCUT2D eigenvalue weighted by molar-refractivity contribution is 5.71. The fourth-order valence-corrected chi connectivity index (χ4v) is 3.44. The standard InChI is InChI=1S/C15H26O3/c1-4-17-12-10-13(18-14(16)11(2)3)15(12)8-6-5-7-9-15/h11-13H,4-10H2,1-3H3. The predicted molar refractivity (Wildman–Crippen MR) is 70.3 cm³/mol. The van der Waals surface area contributed by atoms with E-state index < -0.39 is 0 Å². The fraction of sp³-hybridized carbons (Fsp3) is 0.933. The molecule has 0 heterocycles. The first-order chi connectivity index (χ1) is 8.60. The first-order valence-electron chi connectivity index (χ1n) is 7.42. The van der Waals surface area contributed by atoms with E-state index in [1.165, 1.54) is 19.3 Å². The van der Waals surface area contributed by atoms with Crippen molar-refractivity contribution in [3.8, 4) is 0 Å². The van der Waals surface area contributed by atoms with Crippen molar-refractivity contribution in [3.63, 3.8) is 0 Å². The van der Waals surface area contributed by atoms with Crippen LogP contribution in [-0.2, 0) is 14.3 Å². The van der Waals surface area contributed by atoms with Gasteiger partial charge in [-0.1, -0.05) is 33.1 Å². The lowest BCUT2D eigenvalue weighted by molar-refractivity contribution is -0.224. The van der Waals surface area contributed by atoms with Gasteiger partial charge in [0.15, 0.2) is 0 Å². The number of hydrogen-bond donors (Lipinski definition) is 0. The second-order valence-electron chi connectivity index (χ2n) is 6.05. The zero-order valence-electron chi connectivity index (χ0n) is 11.9. The Balaban J connectivity index is 2.01. The quantitative estimate of drug-likeness (QED) is 0.722. The molecule has 0 saturated heterocycles. The Kier molecular flexibility index (Phi) is 4.31. The summed E-state index contributed by atoms with van der Waals surface area (Å²) < 4.78 is 11.6. The van der Waals surface area contributed by atoms with E-state index in [1.807, 2.05) is 20.8 Å². The maximum Gasteiger partial charge on any atom is 0.308 e. The molecule has 0 radical (unpaired) electrons. The second-order valence-corrected chi connectivity index (χ2v) is 6.05. The summed E-state index contributed by atoms with van der Waals surface area (Å²) >= 11 is 0. The molecule has 2 aliphatic rings. The third-order valence-corrected chi connectivity index (χ3v) is 4.59. The molecule has 2 atom stereocenters. The van der Waals surface area contributed by atoms with Crippen molar-refractivity contribution in [2.75, 3.05) is 6.61 Å². The van der Waals surface area contributed by atoms with Crippen LogP contribution in [0.25, 0.3) is 0 Å². The Morgan fingerprint density at radius 3 is 2.44 bits per heavy atom. The smallest absolute Gasteiger partial charge is 0.308 e. The molecule has 1 spiro atoms. The van der Waals surface area contributed by atoms with Gasteiger partial charge < -0.3 is 9.47 Å². The summed E-state index contributed by atoms with van der Waals surface area (Å²) in [7, 11) is 0. The Bertz CT molecular complexity index is 292. The van der Waals surface area contributed by atoms with Crippen LogP contribution in [-0.4, -0.2) is 24.8 Å². The van der Waals surface area contributed by atoms with Crippen LogP contribution in [0, 0.1) is 11.3 Å². The fourth-order valence-electron chi connectivity index (χ4n) is 3.44. The Morgan fingerprint density at radius 1 is 1.22 bits per heavy atom. The van der Waals surface area contributed by atoms with Crippen LogP contribution < -0.4 is 0 Å². The lowest BCUT2D eigenvalue weighted by atomic mass is 9.56. The third-order valence-electron chi connectivity index (χ3n) is 4.59. The van der Waals surface area contributed by atoms with E-state index in [2.05, 4.69) is 0 Å². The van der Waals surface area contributed by atoms with Gasteiger partial charge in [-0.05, 0) is 19.8 Å². The van der Waals surface area contributed by atoms with Crippen molar-refractivity contribution in [1.82, 2.24) is 0 Å². The first-order valence-corrected chi connectivity index (χ1v) is 7.42. The van der Waals surface area contributed by atoms with Gasteiger partial charge in [0, 0.05) is 18.4 Å². The molecule has 2 saturated carbocycles. The van der Waals surface area contributed by atoms with E-state index in [1.54, 1.807) is 0 Å². The SMILES string of the molecule is CCOC1CC(OC(=O)C(C)C)C12CCCCC2. The van der Waals surface area contributed by atoms with Gasteiger partial charge in [0.25, 0.3) is 0 Å². The molecular weight excluding hydrogens is 228 g/mol. The molecule has 0 bridgehead atoms. The molecule has 0 aromatic rings. The molecule has 0 aromatic heterocycles. The van der Waals surface area contributed by atoms with Gasteiger partial charge in [-0.25, -0.2) is 0 Å². The minimum Gasteiger partial charge on any atom is -0.461 e. The largest absolute Gasteiger partial charge is 0.461 e. The number of carbonyl (C=O) groups excluding carboxylic acids is 1. The highest BCUT2D eigenvalue weighted by Crippen LogP contribution is 2.54. The summed E-state index contributed by atoms with van der Waals surface area (Å²) in [6.07, 6.45) is 7.44. The van der Waals surface area contributed by atoms with E-state index in [-0.39, 0.29) is 23.4 Å². The monoisotopic (exact) mass is 254 g/mol. The average molecular weight is 254 g/mol. The highest BCUT2D eigenvalue weighted by Gasteiger charge is 2.57. The summed E-state index contributed by atoms with van der Waals surface area (Å²) in [5, 5.41) is 0. The molecule has 3 heteroatoms. The van der Waals surface area contributed by atoms with Crippen molar-refractivity contribution in [3.05, 3.63) is 0 Å². The minimum atomic E-state index is -0.0557. The van der Waals surface area contributed by atoms with Gasteiger partial charge in [0.1, 0.15) is 6.10 Å². The van der Waals surface area contributed by atoms with E-state index >= 15 is 0 Å². The average Bonchev–Trinajstić information content (AvgIpc) is 2.38. The minimum absolute atomic E-state index is 0.0308. The topological polar surface area (TPSA) is 35.5 Å². The van der Waals surface area contributed by atoms with E-state index in [9.17, 15) is 4.79 Å². The highest BCUT2D eigenvalue weighted by atomic mass is 16.6. The van der Waals surface area contributed by atoms with Gasteiger partial charge in [-0.3, -0.25) is 4.79 Å². The third kappa shape index (κ3) is 2.42. The van der Waals surface area contributed by atoms with Gasteiger partial charge in [0.05, 0.1) is 12.0 Å². The molecule has 2 unspecified atom stereocenters. The summed E-state index contributed by atoms with van der Waals surface area (Å²) in [5.41, 5.74) is 0.138. The van der Waals surface area contributed by atoms with E-state index in [0.29, 0.717) is 6.10 Å². The molecule has 2 aliphatic carbocycles. The number of carbonyl (C=O) groups is 1. The first kappa shape index (κ1) is 13.9. The molecule has 2 fully saturated rings. The molecular formula is C15H26O3. The lowest BCUT2D eigenvalue weighted by Crippen LogP contribution is -2.60. The van der Waals surface area contributed by atoms with Crippen LogP contribution in [0.2, 0.25) is 0 Å². The summed E-state index contributed by atoms with van der Waals surface area (Å²) in [5.74, 6) is -0.0864. The molecule has 0 amide bonds. The van der Waals surface area contributed by atoms with Crippen molar-refractivity contribution >= 4 is 5.97 Å². The van der Waals surface area contributed by atoms with Crippen molar-refractivity contribution < 1.29 is 14.3 Å². The maximum atomic E-state index is 11.8. The summed E-state index contributed by atoms with van der Waals surface area (Å²) in [6.45, 7) is 6.60. The van der Waals surface area contributed by atoms with Crippen LogP contribution in [0.15, 0.2) is 0 Å². The Hall–Kier alpha value is -0.570. The second kappa shape index (κ2) is 5.60. The number of hydrogen-bond acceptors (Lipinski definition) is 3. The van der Waals surface area contributed by atoms with Crippen LogP contribution in [0.3, 0.4) is 0 Å². The summed E-state index contributed by atoms with van der Waals surface area (Å²) in [4.78, 5) is 11.8. The Morgan fingerprint density at radius 2 is 1.89 bits per heavy atom. The van der Waals surface area contributed by atoms with Gasteiger partial charge in [0.2, 0.25) is 0 Å². The number of rotatable bonds is 4. The normalized spacial score (nSPS) is 30.2. The molecule has 0 aromatic carbocycles. The molecule has 18 heavy (non-hydrogen) atoms. The van der Waals surface area contributed by atoms with Gasteiger partial charge in [-0.2, -0.15) is 0 Å². The molecule has 2 rings (SSSR count). The van der Waals surface area contributed by atoms with Gasteiger partial charge >= 0.3 is 5.97 Å². The van der Waals surface area contributed by atoms with Crippen molar-refractivity contribution in [2.45, 2.75) is 71.5 Å². The predicted octanol–water partition coefficient (Wildman–Crippen LogP) is 3.31. The molecule has 104 valence electrons. The maximum absolute atomic E-state index is 11.8. The van der Waals surface area contributed by atoms with Crippen LogP contribution in [0.5, 0.6) is 0 Å². The van der Waals surface area contributed by atoms with E-state index in [4.69, 9.17) is 9.47 Å². The zero-order chi connectivity index (χ0) is 13.2. The Labute approximate surface area is 110 Å². The zero-order valence-corrected chi connectivity index (χ0v) is 11.9. The number of esters is 1. The summed E-state index contributed by atoms with van der Waals surface area (Å²) in [6, 6.07) is 0. The van der Waals surface area contributed by atoms with Crippen LogP contribution in [0.1, 0.15) is 59.3 Å². The van der Waals surface area contributed by atoms with Gasteiger partial charge in [-0.15, -0.1) is 0 Å². The molecule has 3 nitrogen and oxygen atoms in total. The van der Waals surface area contributed by atoms with Crippen molar-refractivity contribution in [1.29, 1.82) is 0 Å². The molecule has 0 aliphatic heterocycles. The lowest BCUT2D eigenvalue weighted by Gasteiger charge is -2.56.